The molecule has 0 saturated carbocycles. The first-order valence-electron chi connectivity index (χ1n) is 7.73. The summed E-state index contributed by atoms with van der Waals surface area (Å²) in [7, 11) is 0. The van der Waals surface area contributed by atoms with Gasteiger partial charge in [0.25, 0.3) is 0 Å². The van der Waals surface area contributed by atoms with E-state index in [0.29, 0.717) is 4.75 Å². The van der Waals surface area contributed by atoms with E-state index in [4.69, 9.17) is 4.42 Å². The predicted molar refractivity (Wildman–Crippen MR) is 87.1 cm³/mol. The summed E-state index contributed by atoms with van der Waals surface area (Å²) < 4.78 is 6.12. The molecule has 2 rings (SSSR count). The topological polar surface area (TPSA) is 28.4 Å². The molecule has 0 aliphatic carbocycles. The minimum atomic E-state index is 0.420. The molecule has 1 aromatic rings. The second-order valence-corrected chi connectivity index (χ2v) is 7.98. The monoisotopic (exact) mass is 296 g/mol. The molecule has 0 bridgehead atoms. The summed E-state index contributed by atoms with van der Waals surface area (Å²) in [6, 6.07) is 2.11. The van der Waals surface area contributed by atoms with Gasteiger partial charge in [-0.2, -0.15) is 11.8 Å². The van der Waals surface area contributed by atoms with Gasteiger partial charge >= 0.3 is 0 Å². The van der Waals surface area contributed by atoms with Crippen LogP contribution in [0, 0.1) is 0 Å². The second kappa shape index (κ2) is 7.53. The summed E-state index contributed by atoms with van der Waals surface area (Å²) >= 11 is 2.09. The van der Waals surface area contributed by atoms with Crippen LogP contribution in [0.1, 0.15) is 44.9 Å². The molecule has 0 aromatic carbocycles. The van der Waals surface area contributed by atoms with Crippen molar-refractivity contribution >= 4 is 11.8 Å². The molecule has 1 aliphatic rings. The highest BCUT2D eigenvalue weighted by molar-refractivity contribution is 8.00. The fraction of sp³-hybridized carbons (Fsp3) is 0.750. The van der Waals surface area contributed by atoms with Crippen LogP contribution in [0.4, 0.5) is 0 Å². The van der Waals surface area contributed by atoms with Crippen molar-refractivity contribution in [1.29, 1.82) is 0 Å². The van der Waals surface area contributed by atoms with Gasteiger partial charge in [0.05, 0.1) is 12.8 Å². The fourth-order valence-electron chi connectivity index (χ4n) is 2.49. The molecule has 1 N–H and O–H groups in total. The Bertz CT molecular complexity index is 403. The quantitative estimate of drug-likeness (QED) is 0.813. The van der Waals surface area contributed by atoms with Crippen LogP contribution in [0.3, 0.4) is 0 Å². The Kier molecular flexibility index (Phi) is 6.00. The van der Waals surface area contributed by atoms with Crippen molar-refractivity contribution in [2.24, 2.45) is 0 Å². The number of thioether (sulfide) groups is 1. The number of rotatable bonds is 6. The van der Waals surface area contributed by atoms with E-state index in [0.717, 1.165) is 31.9 Å². The van der Waals surface area contributed by atoms with Gasteiger partial charge in [-0.15, -0.1) is 0 Å². The minimum absolute atomic E-state index is 0.420. The predicted octanol–water partition coefficient (Wildman–Crippen LogP) is 3.50. The van der Waals surface area contributed by atoms with Crippen LogP contribution in [0.15, 0.2) is 16.7 Å². The summed E-state index contributed by atoms with van der Waals surface area (Å²) in [5.41, 5.74) is 1.31. The van der Waals surface area contributed by atoms with Crippen LogP contribution in [-0.2, 0) is 13.1 Å². The Hall–Kier alpha value is -0.450. The lowest BCUT2D eigenvalue weighted by molar-refractivity contribution is 0.252. The zero-order valence-corrected chi connectivity index (χ0v) is 13.9. The van der Waals surface area contributed by atoms with Crippen LogP contribution < -0.4 is 5.32 Å². The van der Waals surface area contributed by atoms with Crippen molar-refractivity contribution in [3.05, 3.63) is 23.7 Å². The van der Waals surface area contributed by atoms with Crippen LogP contribution >= 0.6 is 11.8 Å². The molecule has 1 saturated heterocycles. The van der Waals surface area contributed by atoms with Crippen molar-refractivity contribution in [1.82, 2.24) is 10.2 Å². The van der Waals surface area contributed by atoms with Crippen molar-refractivity contribution < 1.29 is 4.42 Å². The Morgan fingerprint density at radius 2 is 2.25 bits per heavy atom. The Labute approximate surface area is 127 Å². The zero-order valence-electron chi connectivity index (χ0n) is 13.1. The average molecular weight is 296 g/mol. The lowest BCUT2D eigenvalue weighted by Gasteiger charge is -2.22. The average Bonchev–Trinajstić information content (AvgIpc) is 2.75. The summed E-state index contributed by atoms with van der Waals surface area (Å²) in [6.45, 7) is 12.2. The molecular formula is C16H28N2OS. The van der Waals surface area contributed by atoms with Crippen molar-refractivity contribution in [2.75, 3.05) is 25.4 Å². The molecule has 3 nitrogen and oxygen atoms in total. The molecule has 0 radical (unpaired) electrons. The summed E-state index contributed by atoms with van der Waals surface area (Å²) in [4.78, 5) is 2.53. The highest BCUT2D eigenvalue weighted by atomic mass is 32.2. The van der Waals surface area contributed by atoms with E-state index in [9.17, 15) is 0 Å². The van der Waals surface area contributed by atoms with Gasteiger partial charge < -0.3 is 9.73 Å². The highest BCUT2D eigenvalue weighted by Crippen LogP contribution is 2.31. The van der Waals surface area contributed by atoms with E-state index in [1.165, 1.54) is 30.7 Å². The lowest BCUT2D eigenvalue weighted by Crippen LogP contribution is -2.27. The Morgan fingerprint density at radius 1 is 1.40 bits per heavy atom. The smallest absolute Gasteiger partial charge is 0.122 e. The van der Waals surface area contributed by atoms with E-state index in [2.05, 4.69) is 48.8 Å². The SMILES string of the molecule is CCCNCc1ccoc1CN1CCSC(C)(C)CC1. The minimum Gasteiger partial charge on any atom is -0.468 e. The van der Waals surface area contributed by atoms with Crippen molar-refractivity contribution in [2.45, 2.75) is 51.4 Å². The van der Waals surface area contributed by atoms with E-state index in [1.54, 1.807) is 0 Å². The maximum absolute atomic E-state index is 5.70. The normalized spacial score (nSPS) is 19.9. The van der Waals surface area contributed by atoms with Crippen LogP contribution in [0.2, 0.25) is 0 Å². The first-order chi connectivity index (χ1) is 9.61. The van der Waals surface area contributed by atoms with E-state index >= 15 is 0 Å². The van der Waals surface area contributed by atoms with Crippen LogP contribution in [0.5, 0.6) is 0 Å². The molecule has 0 amide bonds. The number of furan rings is 1. The van der Waals surface area contributed by atoms with Gasteiger partial charge in [0.15, 0.2) is 0 Å². The van der Waals surface area contributed by atoms with Crippen LogP contribution in [-0.4, -0.2) is 35.0 Å². The molecule has 1 aromatic heterocycles. The fourth-order valence-corrected chi connectivity index (χ4v) is 3.62. The Balaban J connectivity index is 1.88. The van der Waals surface area contributed by atoms with Crippen molar-refractivity contribution in [3.8, 4) is 0 Å². The standard InChI is InChI=1S/C16H28N2OS/c1-4-7-17-12-14-5-10-19-15(14)13-18-8-6-16(2,3)20-11-9-18/h5,10,17H,4,6-9,11-13H2,1-3H3. The molecule has 0 spiro atoms. The molecule has 1 fully saturated rings. The molecule has 20 heavy (non-hydrogen) atoms. The van der Waals surface area contributed by atoms with Gasteiger partial charge in [-0.3, -0.25) is 4.90 Å². The third-order valence-corrected chi connectivity index (χ3v) is 5.25. The van der Waals surface area contributed by atoms with Gasteiger partial charge in [0.1, 0.15) is 5.76 Å². The van der Waals surface area contributed by atoms with E-state index < -0.39 is 0 Å². The lowest BCUT2D eigenvalue weighted by atomic mass is 10.1. The van der Waals surface area contributed by atoms with Gasteiger partial charge in [-0.25, -0.2) is 0 Å². The zero-order chi connectivity index (χ0) is 14.4. The number of nitrogens with one attached hydrogen (secondary N) is 1. The molecule has 114 valence electrons. The molecule has 0 atom stereocenters. The van der Waals surface area contributed by atoms with Crippen molar-refractivity contribution in [3.63, 3.8) is 0 Å². The van der Waals surface area contributed by atoms with E-state index in [-0.39, 0.29) is 0 Å². The number of hydrogen-bond acceptors (Lipinski definition) is 4. The third-order valence-electron chi connectivity index (χ3n) is 3.88. The first kappa shape index (κ1) is 15.9. The highest BCUT2D eigenvalue weighted by Gasteiger charge is 2.24. The third kappa shape index (κ3) is 4.83. The number of nitrogens with zero attached hydrogens (tertiary/aromatic N) is 1. The summed E-state index contributed by atoms with van der Waals surface area (Å²) in [5.74, 6) is 2.36. The summed E-state index contributed by atoms with van der Waals surface area (Å²) in [5, 5.41) is 3.46. The summed E-state index contributed by atoms with van der Waals surface area (Å²) in [6.07, 6.45) is 4.25. The largest absolute Gasteiger partial charge is 0.468 e. The molecular weight excluding hydrogens is 268 g/mol. The second-order valence-electron chi connectivity index (χ2n) is 6.18. The molecule has 4 heteroatoms. The van der Waals surface area contributed by atoms with Crippen LogP contribution in [0.25, 0.3) is 0 Å². The van der Waals surface area contributed by atoms with Gasteiger partial charge in [0.2, 0.25) is 0 Å². The van der Waals surface area contributed by atoms with Gasteiger partial charge in [-0.1, -0.05) is 20.8 Å². The molecule has 1 aliphatic heterocycles. The maximum Gasteiger partial charge on any atom is 0.122 e. The Morgan fingerprint density at radius 3 is 3.05 bits per heavy atom. The van der Waals surface area contributed by atoms with E-state index in [1.807, 2.05) is 6.26 Å². The van der Waals surface area contributed by atoms with Gasteiger partial charge in [0, 0.05) is 29.2 Å². The van der Waals surface area contributed by atoms with Gasteiger partial charge in [-0.05, 0) is 32.0 Å². The maximum atomic E-state index is 5.70. The molecule has 0 unspecified atom stereocenters. The molecule has 2 heterocycles. The number of hydrogen-bond donors (Lipinski definition) is 1. The first-order valence-corrected chi connectivity index (χ1v) is 8.71.